The molecular formula is C17H13N3O4. The first-order valence-electron chi connectivity index (χ1n) is 7.08. The van der Waals surface area contributed by atoms with Crippen molar-refractivity contribution < 1.29 is 19.2 Å². The van der Waals surface area contributed by atoms with Gasteiger partial charge in [0, 0.05) is 23.5 Å². The van der Waals surface area contributed by atoms with Crippen molar-refractivity contribution in [2.75, 3.05) is 5.32 Å². The lowest BCUT2D eigenvalue weighted by molar-refractivity contribution is 0.0698. The van der Waals surface area contributed by atoms with E-state index in [4.69, 9.17) is 4.52 Å². The third-order valence-corrected chi connectivity index (χ3v) is 3.48. The second kappa shape index (κ2) is 6.33. The number of aryl methyl sites for hydroxylation is 1. The van der Waals surface area contributed by atoms with Gasteiger partial charge in [-0.2, -0.15) is 0 Å². The van der Waals surface area contributed by atoms with Gasteiger partial charge >= 0.3 is 5.97 Å². The van der Waals surface area contributed by atoms with E-state index in [1.807, 2.05) is 6.07 Å². The Bertz CT molecular complexity index is 903. The summed E-state index contributed by atoms with van der Waals surface area (Å²) in [6, 6.07) is 10.2. The van der Waals surface area contributed by atoms with Crippen LogP contribution >= 0.6 is 0 Å². The summed E-state index contributed by atoms with van der Waals surface area (Å²) in [5.41, 5.74) is 1.65. The summed E-state index contributed by atoms with van der Waals surface area (Å²) in [5, 5.41) is 15.7. The van der Waals surface area contributed by atoms with Gasteiger partial charge in [0.1, 0.15) is 5.69 Å². The van der Waals surface area contributed by atoms with Crippen LogP contribution in [0.2, 0.25) is 0 Å². The van der Waals surface area contributed by atoms with Gasteiger partial charge in [-0.3, -0.25) is 15.1 Å². The Morgan fingerprint density at radius 2 is 1.83 bits per heavy atom. The number of carbonyl (C=O) groups is 2. The van der Waals surface area contributed by atoms with Gasteiger partial charge in [-0.15, -0.1) is 0 Å². The Morgan fingerprint density at radius 1 is 1.12 bits per heavy atom. The van der Waals surface area contributed by atoms with Crippen LogP contribution in [0.3, 0.4) is 0 Å². The summed E-state index contributed by atoms with van der Waals surface area (Å²) in [6.45, 7) is 1.79. The zero-order valence-electron chi connectivity index (χ0n) is 12.7. The van der Waals surface area contributed by atoms with Crippen LogP contribution in [0.15, 0.2) is 53.3 Å². The van der Waals surface area contributed by atoms with E-state index in [9.17, 15) is 14.7 Å². The minimum atomic E-state index is -1.25. The minimum absolute atomic E-state index is 0.130. The number of pyridine rings is 1. The van der Waals surface area contributed by atoms with Crippen molar-refractivity contribution in [2.24, 2.45) is 0 Å². The fraction of sp³-hybridized carbons (Fsp3) is 0.0588. The SMILES string of the molecule is Cc1ccccc1C(=O)Nc1onc(-c2ccncc2)c1C(=O)O. The van der Waals surface area contributed by atoms with E-state index < -0.39 is 11.9 Å². The van der Waals surface area contributed by atoms with E-state index >= 15 is 0 Å². The molecule has 0 saturated heterocycles. The number of rotatable bonds is 4. The van der Waals surface area contributed by atoms with Crippen molar-refractivity contribution in [2.45, 2.75) is 6.92 Å². The lowest BCUT2D eigenvalue weighted by Gasteiger charge is -2.05. The van der Waals surface area contributed by atoms with Gasteiger partial charge in [0.15, 0.2) is 5.56 Å². The Kier molecular flexibility index (Phi) is 4.07. The average molecular weight is 323 g/mol. The summed E-state index contributed by atoms with van der Waals surface area (Å²) in [7, 11) is 0. The highest BCUT2D eigenvalue weighted by atomic mass is 16.5. The number of hydrogen-bond donors (Lipinski definition) is 2. The fourth-order valence-corrected chi connectivity index (χ4v) is 2.28. The topological polar surface area (TPSA) is 105 Å². The molecule has 0 atom stereocenters. The van der Waals surface area contributed by atoms with Crippen LogP contribution in [0.25, 0.3) is 11.3 Å². The van der Waals surface area contributed by atoms with Gasteiger partial charge in [-0.1, -0.05) is 23.4 Å². The number of amides is 1. The Labute approximate surface area is 136 Å². The van der Waals surface area contributed by atoms with Crippen LogP contribution in [0.5, 0.6) is 0 Å². The number of anilines is 1. The number of carboxylic acids is 1. The van der Waals surface area contributed by atoms with E-state index in [2.05, 4.69) is 15.5 Å². The summed E-state index contributed by atoms with van der Waals surface area (Å²) in [6.07, 6.45) is 3.03. The van der Waals surface area contributed by atoms with Crippen molar-refractivity contribution in [1.29, 1.82) is 0 Å². The molecule has 0 saturated carbocycles. The molecule has 0 fully saturated rings. The van der Waals surface area contributed by atoms with Crippen LogP contribution in [0, 0.1) is 6.92 Å². The molecule has 0 aliphatic rings. The highest BCUT2D eigenvalue weighted by Gasteiger charge is 2.25. The monoisotopic (exact) mass is 323 g/mol. The molecule has 2 N–H and O–H groups in total. The quantitative estimate of drug-likeness (QED) is 0.764. The van der Waals surface area contributed by atoms with E-state index in [0.717, 1.165) is 5.56 Å². The minimum Gasteiger partial charge on any atom is -0.477 e. The highest BCUT2D eigenvalue weighted by molar-refractivity contribution is 6.09. The van der Waals surface area contributed by atoms with Crippen molar-refractivity contribution in [3.63, 3.8) is 0 Å². The smallest absolute Gasteiger partial charge is 0.343 e. The summed E-state index contributed by atoms with van der Waals surface area (Å²) < 4.78 is 5.06. The van der Waals surface area contributed by atoms with Crippen LogP contribution in [0.1, 0.15) is 26.3 Å². The predicted octanol–water partition coefficient (Wildman–Crippen LogP) is 3.00. The largest absolute Gasteiger partial charge is 0.477 e. The molecule has 2 heterocycles. The second-order valence-corrected chi connectivity index (χ2v) is 5.05. The van der Waals surface area contributed by atoms with Crippen LogP contribution < -0.4 is 5.32 Å². The molecule has 24 heavy (non-hydrogen) atoms. The fourth-order valence-electron chi connectivity index (χ4n) is 2.28. The number of nitrogens with one attached hydrogen (secondary N) is 1. The number of carbonyl (C=O) groups excluding carboxylic acids is 1. The number of aromatic carboxylic acids is 1. The Balaban J connectivity index is 1.98. The number of aromatic nitrogens is 2. The molecular weight excluding hydrogens is 310 g/mol. The maximum atomic E-state index is 12.4. The van der Waals surface area contributed by atoms with Crippen molar-refractivity contribution in [1.82, 2.24) is 10.1 Å². The molecule has 0 bridgehead atoms. The van der Waals surface area contributed by atoms with Crippen LogP contribution in [-0.2, 0) is 0 Å². The van der Waals surface area contributed by atoms with Crippen molar-refractivity contribution in [3.8, 4) is 11.3 Å². The number of carboxylic acid groups (broad SMARTS) is 1. The zero-order valence-corrected chi connectivity index (χ0v) is 12.7. The highest BCUT2D eigenvalue weighted by Crippen LogP contribution is 2.29. The second-order valence-electron chi connectivity index (χ2n) is 5.05. The molecule has 0 radical (unpaired) electrons. The summed E-state index contributed by atoms with van der Waals surface area (Å²) >= 11 is 0. The number of benzene rings is 1. The number of nitrogens with zero attached hydrogens (tertiary/aromatic N) is 2. The number of hydrogen-bond acceptors (Lipinski definition) is 5. The van der Waals surface area contributed by atoms with E-state index in [1.165, 1.54) is 12.4 Å². The van der Waals surface area contributed by atoms with Gasteiger partial charge in [0.05, 0.1) is 0 Å². The van der Waals surface area contributed by atoms with Gasteiger partial charge in [0.25, 0.3) is 5.91 Å². The van der Waals surface area contributed by atoms with Crippen LogP contribution in [-0.4, -0.2) is 27.1 Å². The first kappa shape index (κ1) is 15.4. The maximum absolute atomic E-state index is 12.4. The van der Waals surface area contributed by atoms with Gasteiger partial charge in [0.2, 0.25) is 5.88 Å². The average Bonchev–Trinajstić information content (AvgIpc) is 2.99. The molecule has 0 unspecified atom stereocenters. The Hall–Kier alpha value is -3.48. The van der Waals surface area contributed by atoms with Gasteiger partial charge in [-0.05, 0) is 30.7 Å². The van der Waals surface area contributed by atoms with Gasteiger partial charge in [-0.25, -0.2) is 4.79 Å². The third-order valence-electron chi connectivity index (χ3n) is 3.48. The predicted molar refractivity (Wildman–Crippen MR) is 85.8 cm³/mol. The van der Waals surface area contributed by atoms with Gasteiger partial charge < -0.3 is 9.63 Å². The first-order valence-corrected chi connectivity index (χ1v) is 7.08. The molecule has 2 aromatic heterocycles. The van der Waals surface area contributed by atoms with E-state index in [-0.39, 0.29) is 17.1 Å². The molecule has 1 aromatic carbocycles. The lowest BCUT2D eigenvalue weighted by Crippen LogP contribution is -2.15. The molecule has 120 valence electrons. The lowest BCUT2D eigenvalue weighted by atomic mass is 10.1. The summed E-state index contributed by atoms with van der Waals surface area (Å²) in [5.74, 6) is -1.92. The van der Waals surface area contributed by atoms with Crippen LogP contribution in [0.4, 0.5) is 5.88 Å². The maximum Gasteiger partial charge on any atom is 0.343 e. The van der Waals surface area contributed by atoms with Crippen molar-refractivity contribution in [3.05, 3.63) is 65.5 Å². The molecule has 0 aliphatic carbocycles. The molecule has 7 heteroatoms. The Morgan fingerprint density at radius 3 is 2.50 bits per heavy atom. The van der Waals surface area contributed by atoms with E-state index in [1.54, 1.807) is 37.3 Å². The normalized spacial score (nSPS) is 10.4. The zero-order chi connectivity index (χ0) is 17.1. The molecule has 7 nitrogen and oxygen atoms in total. The molecule has 3 aromatic rings. The third kappa shape index (κ3) is 2.87. The summed E-state index contributed by atoms with van der Waals surface area (Å²) in [4.78, 5) is 27.8. The molecule has 0 aliphatic heterocycles. The standard InChI is InChI=1S/C17H13N3O4/c1-10-4-2-3-5-12(10)15(21)19-16-13(17(22)23)14(20-24-16)11-6-8-18-9-7-11/h2-9H,1H3,(H,19,21)(H,22,23). The molecule has 0 spiro atoms. The van der Waals surface area contributed by atoms with Crippen molar-refractivity contribution >= 4 is 17.8 Å². The molecule has 3 rings (SSSR count). The first-order chi connectivity index (χ1) is 11.6. The van der Waals surface area contributed by atoms with E-state index in [0.29, 0.717) is 11.1 Å². The molecule has 1 amide bonds.